The molecule has 0 bridgehead atoms. The first kappa shape index (κ1) is 18.3. The molecule has 0 aliphatic carbocycles. The Kier molecular flexibility index (Phi) is 4.75. The number of aliphatic imine (C=N–C) groups is 2. The predicted molar refractivity (Wildman–Crippen MR) is 113 cm³/mol. The normalized spacial score (nSPS) is 12.9. The van der Waals surface area contributed by atoms with E-state index < -0.39 is 6.03 Å². The van der Waals surface area contributed by atoms with Gasteiger partial charge in [-0.05, 0) is 42.8 Å². The SMILES string of the molecule is Cc1cccc(O)c1-c1ccccc1O.O=C1N=Cc2ccc3c(c2=N1)=CC=N3. The number of carbonyl (C=O) groups is 1. The lowest BCUT2D eigenvalue weighted by atomic mass is 9.99. The van der Waals surface area contributed by atoms with Gasteiger partial charge >= 0.3 is 6.03 Å². The Balaban J connectivity index is 0.000000141. The van der Waals surface area contributed by atoms with Gasteiger partial charge in [-0.3, -0.25) is 4.99 Å². The van der Waals surface area contributed by atoms with E-state index in [9.17, 15) is 15.0 Å². The van der Waals surface area contributed by atoms with Crippen molar-refractivity contribution >= 4 is 30.2 Å². The number of phenolic OH excluding ortho intramolecular Hbond substituents is 2. The van der Waals surface area contributed by atoms with Gasteiger partial charge in [-0.15, -0.1) is 0 Å². The molecule has 2 N–H and O–H groups in total. The van der Waals surface area contributed by atoms with Crippen molar-refractivity contribution < 1.29 is 15.0 Å². The van der Waals surface area contributed by atoms with Crippen LogP contribution in [-0.2, 0) is 0 Å². The summed E-state index contributed by atoms with van der Waals surface area (Å²) in [5.74, 6) is 0.374. The molecule has 6 nitrogen and oxygen atoms in total. The van der Waals surface area contributed by atoms with Gasteiger partial charge in [0.2, 0.25) is 0 Å². The third-order valence-corrected chi connectivity index (χ3v) is 4.63. The number of carbonyl (C=O) groups excluding carboxylic acids is 1. The summed E-state index contributed by atoms with van der Waals surface area (Å²) in [5.41, 5.74) is 4.01. The molecule has 3 aromatic rings. The lowest BCUT2D eigenvalue weighted by Crippen LogP contribution is -2.31. The fourth-order valence-corrected chi connectivity index (χ4v) is 3.25. The number of fused-ring (bicyclic) bond motifs is 3. The van der Waals surface area contributed by atoms with E-state index in [-0.39, 0.29) is 11.5 Å². The first-order valence-corrected chi connectivity index (χ1v) is 8.95. The molecule has 0 spiro atoms. The van der Waals surface area contributed by atoms with Crippen LogP contribution in [0.15, 0.2) is 69.6 Å². The molecule has 2 amide bonds. The minimum absolute atomic E-state index is 0.183. The standard InChI is InChI=1S/C13H12O2.C10H5N3O/c1-9-5-4-8-12(15)13(9)10-6-2-3-7-11(10)14;14-10-12-5-6-1-2-8-7(3-4-11-8)9(6)13-10/h2-8,14-15H,1H3;1-5H. The number of para-hydroxylation sites is 1. The smallest absolute Gasteiger partial charge is 0.367 e. The molecule has 0 fully saturated rings. The molecule has 0 aromatic heterocycles. The summed E-state index contributed by atoms with van der Waals surface area (Å²) in [6.45, 7) is 1.90. The van der Waals surface area contributed by atoms with Crippen LogP contribution in [0.25, 0.3) is 17.2 Å². The van der Waals surface area contributed by atoms with Crippen LogP contribution in [0.3, 0.4) is 0 Å². The van der Waals surface area contributed by atoms with E-state index in [0.717, 1.165) is 22.0 Å². The molecule has 2 heterocycles. The topological polar surface area (TPSA) is 94.6 Å². The zero-order chi connectivity index (χ0) is 20.4. The minimum Gasteiger partial charge on any atom is -0.507 e. The van der Waals surface area contributed by atoms with Crippen LogP contribution < -0.4 is 10.6 Å². The highest BCUT2D eigenvalue weighted by molar-refractivity contribution is 5.99. The van der Waals surface area contributed by atoms with Crippen LogP contribution in [0.5, 0.6) is 11.5 Å². The molecule has 0 unspecified atom stereocenters. The van der Waals surface area contributed by atoms with Gasteiger partial charge in [-0.2, -0.15) is 9.98 Å². The highest BCUT2D eigenvalue weighted by atomic mass is 16.3. The molecule has 5 rings (SSSR count). The Bertz CT molecular complexity index is 1290. The average Bonchev–Trinajstić information content (AvgIpc) is 3.19. The number of nitrogens with zero attached hydrogens (tertiary/aromatic N) is 3. The molecule has 3 aromatic carbocycles. The van der Waals surface area contributed by atoms with Crippen LogP contribution in [-0.4, -0.2) is 28.7 Å². The van der Waals surface area contributed by atoms with Crippen molar-refractivity contribution in [1.82, 2.24) is 0 Å². The van der Waals surface area contributed by atoms with E-state index in [1.54, 1.807) is 36.5 Å². The van der Waals surface area contributed by atoms with Gasteiger partial charge in [-0.1, -0.05) is 30.3 Å². The number of amides is 2. The molecule has 0 saturated carbocycles. The fourth-order valence-electron chi connectivity index (χ4n) is 3.25. The number of aromatic hydroxyl groups is 2. The zero-order valence-corrected chi connectivity index (χ0v) is 15.6. The summed E-state index contributed by atoms with van der Waals surface area (Å²) < 4.78 is 0. The van der Waals surface area contributed by atoms with Gasteiger partial charge in [0.1, 0.15) is 11.5 Å². The quantitative estimate of drug-likeness (QED) is 0.674. The average molecular weight is 383 g/mol. The second-order valence-electron chi connectivity index (χ2n) is 6.52. The molecule has 2 aliphatic rings. The Morgan fingerprint density at radius 3 is 2.45 bits per heavy atom. The fraction of sp³-hybridized carbons (Fsp3) is 0.0435. The molecular weight excluding hydrogens is 366 g/mol. The molecule has 0 saturated heterocycles. The zero-order valence-electron chi connectivity index (χ0n) is 15.6. The maximum atomic E-state index is 11.0. The van der Waals surface area contributed by atoms with Crippen molar-refractivity contribution in [3.8, 4) is 22.6 Å². The Morgan fingerprint density at radius 1 is 0.862 bits per heavy atom. The third kappa shape index (κ3) is 3.55. The van der Waals surface area contributed by atoms with Gasteiger partial charge in [0.15, 0.2) is 0 Å². The second kappa shape index (κ2) is 7.52. The summed E-state index contributed by atoms with van der Waals surface area (Å²) in [7, 11) is 0. The lowest BCUT2D eigenvalue weighted by Gasteiger charge is -2.09. The van der Waals surface area contributed by atoms with Crippen molar-refractivity contribution in [3.05, 3.63) is 76.3 Å². The number of hydrogen-bond donors (Lipinski definition) is 2. The van der Waals surface area contributed by atoms with Crippen LogP contribution >= 0.6 is 0 Å². The highest BCUT2D eigenvalue weighted by Gasteiger charge is 2.10. The molecular formula is C23H17N3O3. The molecule has 0 radical (unpaired) electrons. The molecule has 2 aliphatic heterocycles. The largest absolute Gasteiger partial charge is 0.507 e. The van der Waals surface area contributed by atoms with Crippen LogP contribution in [0.4, 0.5) is 10.5 Å². The maximum absolute atomic E-state index is 11.0. The number of rotatable bonds is 1. The molecule has 0 atom stereocenters. The summed E-state index contributed by atoms with van der Waals surface area (Å²) >= 11 is 0. The summed E-state index contributed by atoms with van der Waals surface area (Å²) in [6.07, 6.45) is 5.10. The predicted octanol–water partition coefficient (Wildman–Crippen LogP) is 3.43. The Morgan fingerprint density at radius 2 is 1.66 bits per heavy atom. The van der Waals surface area contributed by atoms with Gasteiger partial charge < -0.3 is 10.2 Å². The Labute approximate surface area is 166 Å². The van der Waals surface area contributed by atoms with Crippen molar-refractivity contribution in [2.24, 2.45) is 15.0 Å². The monoisotopic (exact) mass is 383 g/mol. The minimum atomic E-state index is -0.453. The van der Waals surface area contributed by atoms with Crippen LogP contribution in [0.1, 0.15) is 11.1 Å². The van der Waals surface area contributed by atoms with E-state index in [2.05, 4.69) is 15.0 Å². The van der Waals surface area contributed by atoms with E-state index in [1.807, 2.05) is 37.3 Å². The van der Waals surface area contributed by atoms with Gasteiger partial charge in [-0.25, -0.2) is 4.79 Å². The number of phenols is 2. The number of hydrogen-bond acceptors (Lipinski definition) is 4. The Hall–Kier alpha value is -4.06. The van der Waals surface area contributed by atoms with Gasteiger partial charge in [0.05, 0.1) is 11.0 Å². The molecule has 29 heavy (non-hydrogen) atoms. The summed E-state index contributed by atoms with van der Waals surface area (Å²) in [4.78, 5) is 22.6. The lowest BCUT2D eigenvalue weighted by molar-refractivity contribution is 0.256. The third-order valence-electron chi connectivity index (χ3n) is 4.63. The second-order valence-corrected chi connectivity index (χ2v) is 6.52. The van der Waals surface area contributed by atoms with Crippen LogP contribution in [0, 0.1) is 6.92 Å². The summed E-state index contributed by atoms with van der Waals surface area (Å²) in [5, 5.41) is 21.0. The number of benzene rings is 3. The van der Waals surface area contributed by atoms with Crippen molar-refractivity contribution in [2.75, 3.05) is 0 Å². The molecule has 142 valence electrons. The van der Waals surface area contributed by atoms with Gasteiger partial charge in [0, 0.05) is 34.3 Å². The highest BCUT2D eigenvalue weighted by Crippen LogP contribution is 2.37. The number of aryl methyl sites for hydroxylation is 1. The van der Waals surface area contributed by atoms with E-state index in [0.29, 0.717) is 16.5 Å². The molecule has 6 heteroatoms. The first-order valence-electron chi connectivity index (χ1n) is 8.95. The summed E-state index contributed by atoms with van der Waals surface area (Å²) in [6, 6.07) is 15.6. The van der Waals surface area contributed by atoms with Crippen molar-refractivity contribution in [2.45, 2.75) is 6.92 Å². The van der Waals surface area contributed by atoms with E-state index in [1.165, 1.54) is 6.21 Å². The van der Waals surface area contributed by atoms with E-state index in [4.69, 9.17) is 0 Å². The van der Waals surface area contributed by atoms with Crippen LogP contribution in [0.2, 0.25) is 0 Å². The van der Waals surface area contributed by atoms with Crippen molar-refractivity contribution in [1.29, 1.82) is 0 Å². The first-order chi connectivity index (χ1) is 14.0. The van der Waals surface area contributed by atoms with E-state index >= 15 is 0 Å². The number of urea groups is 1. The van der Waals surface area contributed by atoms with Gasteiger partial charge in [0.25, 0.3) is 0 Å². The maximum Gasteiger partial charge on any atom is 0.367 e. The van der Waals surface area contributed by atoms with Crippen molar-refractivity contribution in [3.63, 3.8) is 0 Å².